The van der Waals surface area contributed by atoms with Crippen LogP contribution in [0.25, 0.3) is 0 Å². The zero-order valence-corrected chi connectivity index (χ0v) is 13.9. The van der Waals surface area contributed by atoms with Crippen LogP contribution in [0.15, 0.2) is 53.5 Å². The maximum absolute atomic E-state index is 13.7. The van der Waals surface area contributed by atoms with Crippen LogP contribution in [0.3, 0.4) is 0 Å². The van der Waals surface area contributed by atoms with Gasteiger partial charge >= 0.3 is 0 Å². The monoisotopic (exact) mass is 359 g/mol. The molecule has 0 unspecified atom stereocenters. The molecule has 0 N–H and O–H groups in total. The minimum Gasteiger partial charge on any atom is -0.285 e. The van der Waals surface area contributed by atoms with Crippen molar-refractivity contribution in [2.24, 2.45) is 4.99 Å². The number of aliphatic imine (C=N–C) groups is 1. The van der Waals surface area contributed by atoms with E-state index in [0.29, 0.717) is 29.6 Å². The Labute approximate surface area is 147 Å². The number of hydrogen-bond donors (Lipinski definition) is 0. The van der Waals surface area contributed by atoms with Gasteiger partial charge in [0, 0.05) is 18.4 Å². The number of hydrogen-bond acceptors (Lipinski definition) is 5. The van der Waals surface area contributed by atoms with E-state index in [-0.39, 0.29) is 17.1 Å². The van der Waals surface area contributed by atoms with Crippen LogP contribution in [0.4, 0.5) is 10.1 Å². The molecule has 0 aromatic heterocycles. The third-order valence-electron chi connectivity index (χ3n) is 3.69. The van der Waals surface area contributed by atoms with Crippen LogP contribution in [-0.4, -0.2) is 34.0 Å². The second-order valence-corrected chi connectivity index (χ2v) is 6.22. The summed E-state index contributed by atoms with van der Waals surface area (Å²) in [6.07, 6.45) is 0. The number of nitrogens with zero attached hydrogens (tertiary/aromatic N) is 3. The largest absolute Gasteiger partial charge is 0.285 e. The molecule has 0 saturated carbocycles. The van der Waals surface area contributed by atoms with E-state index in [9.17, 15) is 19.3 Å². The van der Waals surface area contributed by atoms with Crippen molar-refractivity contribution in [2.75, 3.05) is 13.1 Å². The van der Waals surface area contributed by atoms with Crippen LogP contribution >= 0.6 is 11.8 Å². The van der Waals surface area contributed by atoms with E-state index in [2.05, 4.69) is 4.99 Å². The fourth-order valence-electron chi connectivity index (χ4n) is 2.46. The second kappa shape index (κ2) is 7.43. The van der Waals surface area contributed by atoms with E-state index in [0.717, 1.165) is 0 Å². The molecule has 1 heterocycles. The van der Waals surface area contributed by atoms with Crippen LogP contribution in [0.5, 0.6) is 0 Å². The van der Waals surface area contributed by atoms with E-state index in [1.165, 1.54) is 40.9 Å². The quantitative estimate of drug-likeness (QED) is 0.619. The lowest BCUT2D eigenvalue weighted by molar-refractivity contribution is -0.385. The smallest absolute Gasteiger partial charge is 0.282 e. The van der Waals surface area contributed by atoms with Crippen molar-refractivity contribution in [3.8, 4) is 0 Å². The number of para-hydroxylation sites is 1. The number of halogens is 1. The summed E-state index contributed by atoms with van der Waals surface area (Å²) < 4.78 is 13.7. The maximum atomic E-state index is 13.7. The lowest BCUT2D eigenvalue weighted by Gasteiger charge is -2.18. The zero-order valence-electron chi connectivity index (χ0n) is 13.1. The summed E-state index contributed by atoms with van der Waals surface area (Å²) in [6, 6.07) is 12.2. The van der Waals surface area contributed by atoms with Crippen LogP contribution in [-0.2, 0) is 5.75 Å². The Bertz CT molecular complexity index is 857. The fourth-order valence-corrected chi connectivity index (χ4v) is 3.49. The van der Waals surface area contributed by atoms with Gasteiger partial charge < -0.3 is 0 Å². The molecule has 8 heteroatoms. The summed E-state index contributed by atoms with van der Waals surface area (Å²) in [5.74, 6) is -0.457. The molecule has 0 saturated heterocycles. The maximum Gasteiger partial charge on any atom is 0.282 e. The first-order valence-corrected chi connectivity index (χ1v) is 8.52. The number of rotatable bonds is 4. The summed E-state index contributed by atoms with van der Waals surface area (Å²) in [4.78, 5) is 29.0. The molecule has 1 aliphatic heterocycles. The predicted molar refractivity (Wildman–Crippen MR) is 94.1 cm³/mol. The molecule has 128 valence electrons. The molecule has 0 atom stereocenters. The molecule has 2 aromatic carbocycles. The van der Waals surface area contributed by atoms with Gasteiger partial charge in [-0.25, -0.2) is 4.39 Å². The van der Waals surface area contributed by atoms with Crippen LogP contribution in [0, 0.1) is 15.9 Å². The van der Waals surface area contributed by atoms with Crippen molar-refractivity contribution in [2.45, 2.75) is 5.75 Å². The molecule has 3 rings (SSSR count). The molecule has 0 radical (unpaired) electrons. The van der Waals surface area contributed by atoms with E-state index in [1.54, 1.807) is 24.3 Å². The number of nitro benzene ring substituents is 1. The molecule has 0 bridgehead atoms. The summed E-state index contributed by atoms with van der Waals surface area (Å²) >= 11 is 1.24. The van der Waals surface area contributed by atoms with Crippen molar-refractivity contribution in [3.63, 3.8) is 0 Å². The Morgan fingerprint density at radius 1 is 1.24 bits per heavy atom. The Hall–Kier alpha value is -2.74. The highest BCUT2D eigenvalue weighted by Gasteiger charge is 2.29. The Kier molecular flexibility index (Phi) is 5.08. The Morgan fingerprint density at radius 2 is 1.96 bits per heavy atom. The molecule has 6 nitrogen and oxygen atoms in total. The highest BCUT2D eigenvalue weighted by molar-refractivity contribution is 8.13. The summed E-state index contributed by atoms with van der Waals surface area (Å²) in [5.41, 5.74) is 0.298. The lowest BCUT2D eigenvalue weighted by atomic mass is 10.1. The van der Waals surface area contributed by atoms with E-state index < -0.39 is 10.8 Å². The van der Waals surface area contributed by atoms with Crippen molar-refractivity contribution in [3.05, 3.63) is 75.6 Å². The van der Waals surface area contributed by atoms with Gasteiger partial charge in [-0.3, -0.25) is 24.8 Å². The zero-order chi connectivity index (χ0) is 17.8. The van der Waals surface area contributed by atoms with Gasteiger partial charge in [0.15, 0.2) is 5.17 Å². The van der Waals surface area contributed by atoms with Crippen molar-refractivity contribution < 1.29 is 14.1 Å². The van der Waals surface area contributed by atoms with E-state index in [4.69, 9.17) is 0 Å². The van der Waals surface area contributed by atoms with Crippen molar-refractivity contribution in [1.82, 2.24) is 4.90 Å². The molecular formula is C17H14FN3O3S. The van der Waals surface area contributed by atoms with E-state index >= 15 is 0 Å². The first-order chi connectivity index (χ1) is 12.1. The van der Waals surface area contributed by atoms with E-state index in [1.807, 2.05) is 0 Å². The van der Waals surface area contributed by atoms with Gasteiger partial charge in [-0.2, -0.15) is 0 Å². The van der Waals surface area contributed by atoms with Gasteiger partial charge in [0.1, 0.15) is 11.4 Å². The molecule has 0 aliphatic carbocycles. The summed E-state index contributed by atoms with van der Waals surface area (Å²) in [5, 5.41) is 11.6. The topological polar surface area (TPSA) is 75.8 Å². The number of carbonyl (C=O) groups excluding carboxylic acids is 1. The standard InChI is InChI=1S/C17H14FN3O3S/c18-14-7-3-1-5-12(14)11-25-17-19-9-10-20(17)16(22)13-6-2-4-8-15(13)21(23)24/h1-8H,9-11H2. The van der Waals surface area contributed by atoms with Gasteiger partial charge in [0.2, 0.25) is 0 Å². The van der Waals surface area contributed by atoms with Crippen LogP contribution in [0.2, 0.25) is 0 Å². The third kappa shape index (κ3) is 3.69. The van der Waals surface area contributed by atoms with Crippen molar-refractivity contribution >= 4 is 28.5 Å². The number of amidine groups is 1. The SMILES string of the molecule is O=C(c1ccccc1[N+](=O)[O-])N1CCN=C1SCc1ccccc1F. The number of nitro groups is 1. The van der Waals surface area contributed by atoms with Crippen LogP contribution in [0.1, 0.15) is 15.9 Å². The molecule has 2 aromatic rings. The first-order valence-electron chi connectivity index (χ1n) is 7.54. The molecule has 0 fully saturated rings. The number of benzene rings is 2. The van der Waals surface area contributed by atoms with Gasteiger partial charge in [-0.15, -0.1) is 0 Å². The van der Waals surface area contributed by atoms with Crippen LogP contribution < -0.4 is 0 Å². The predicted octanol–water partition coefficient (Wildman–Crippen LogP) is 3.48. The number of amides is 1. The van der Waals surface area contributed by atoms with Crippen molar-refractivity contribution in [1.29, 1.82) is 0 Å². The average Bonchev–Trinajstić information content (AvgIpc) is 3.09. The highest BCUT2D eigenvalue weighted by atomic mass is 32.2. The summed E-state index contributed by atoms with van der Waals surface area (Å²) in [6.45, 7) is 0.774. The van der Waals surface area contributed by atoms with Gasteiger partial charge in [-0.1, -0.05) is 42.1 Å². The molecule has 25 heavy (non-hydrogen) atoms. The Morgan fingerprint density at radius 3 is 2.72 bits per heavy atom. The van der Waals surface area contributed by atoms with Gasteiger partial charge in [0.25, 0.3) is 11.6 Å². The fraction of sp³-hybridized carbons (Fsp3) is 0.176. The Balaban J connectivity index is 1.77. The molecular weight excluding hydrogens is 345 g/mol. The molecule has 1 aliphatic rings. The number of carbonyl (C=O) groups is 1. The minimum atomic E-state index is -0.577. The van der Waals surface area contributed by atoms with Gasteiger partial charge in [0.05, 0.1) is 11.5 Å². The summed E-state index contributed by atoms with van der Waals surface area (Å²) in [7, 11) is 0. The molecule has 0 spiro atoms. The first kappa shape index (κ1) is 17.1. The van der Waals surface area contributed by atoms with Gasteiger partial charge in [-0.05, 0) is 17.7 Å². The lowest BCUT2D eigenvalue weighted by Crippen LogP contribution is -2.33. The molecule has 1 amide bonds. The minimum absolute atomic E-state index is 0.0218. The second-order valence-electron chi connectivity index (χ2n) is 5.28. The normalized spacial score (nSPS) is 13.6. The third-order valence-corrected chi connectivity index (χ3v) is 4.76. The highest BCUT2D eigenvalue weighted by Crippen LogP contribution is 2.25. The number of thioether (sulfide) groups is 1. The average molecular weight is 359 g/mol.